The third-order valence-electron chi connectivity index (χ3n) is 4.80. The highest BCUT2D eigenvalue weighted by Gasteiger charge is 2.37. The third kappa shape index (κ3) is 4.33. The molecule has 2 saturated heterocycles. The number of carboxylic acid groups (broad SMARTS) is 1. The molecule has 0 aromatic carbocycles. The summed E-state index contributed by atoms with van der Waals surface area (Å²) in [5.74, 6) is -0.756. The lowest BCUT2D eigenvalue weighted by Gasteiger charge is -2.36. The van der Waals surface area contributed by atoms with Gasteiger partial charge in [0.05, 0.1) is 5.41 Å². The van der Waals surface area contributed by atoms with Gasteiger partial charge in [0, 0.05) is 19.6 Å². The Bertz CT molecular complexity index is 372. The topological polar surface area (TPSA) is 72.9 Å². The number of carbonyl (C=O) groups is 2. The van der Waals surface area contributed by atoms with Crippen LogP contribution in [0.15, 0.2) is 0 Å². The van der Waals surface area contributed by atoms with Gasteiger partial charge >= 0.3 is 12.0 Å². The van der Waals surface area contributed by atoms with E-state index in [0.29, 0.717) is 32.5 Å². The molecule has 0 atom stereocenters. The number of urea groups is 1. The van der Waals surface area contributed by atoms with Gasteiger partial charge in [0.2, 0.25) is 0 Å². The lowest BCUT2D eigenvalue weighted by Crippen LogP contribution is -2.49. The van der Waals surface area contributed by atoms with E-state index >= 15 is 0 Å². The number of carbonyl (C=O) groups excluding carboxylic acids is 1. The maximum absolute atomic E-state index is 12.0. The van der Waals surface area contributed by atoms with Crippen molar-refractivity contribution in [3.05, 3.63) is 0 Å². The second-order valence-corrected chi connectivity index (χ2v) is 6.49. The predicted molar refractivity (Wildman–Crippen MR) is 80.2 cm³/mol. The van der Waals surface area contributed by atoms with Gasteiger partial charge in [-0.2, -0.15) is 0 Å². The molecule has 2 fully saturated rings. The zero-order valence-electron chi connectivity index (χ0n) is 12.9. The molecule has 2 N–H and O–H groups in total. The first-order valence-electron chi connectivity index (χ1n) is 8.00. The monoisotopic (exact) mass is 297 g/mol. The van der Waals surface area contributed by atoms with E-state index in [9.17, 15) is 14.7 Å². The lowest BCUT2D eigenvalue weighted by atomic mass is 9.80. The van der Waals surface area contributed by atoms with Crippen molar-refractivity contribution >= 4 is 12.0 Å². The number of hydrogen-bond donors (Lipinski definition) is 2. The minimum Gasteiger partial charge on any atom is -0.481 e. The quantitative estimate of drug-likeness (QED) is 0.752. The molecule has 6 nitrogen and oxygen atoms in total. The van der Waals surface area contributed by atoms with E-state index in [1.807, 2.05) is 0 Å². The molecule has 0 aliphatic carbocycles. The standard InChI is InChI=1S/C15H27N3O3/c1-15(13(19)20)5-11-18(12-6-15)14(21)16-7-4-10-17-8-2-3-9-17/h2-12H2,1H3,(H,16,21)(H,19,20). The van der Waals surface area contributed by atoms with Crippen LogP contribution >= 0.6 is 0 Å². The zero-order valence-corrected chi connectivity index (χ0v) is 12.9. The van der Waals surface area contributed by atoms with Gasteiger partial charge in [-0.3, -0.25) is 4.79 Å². The van der Waals surface area contributed by atoms with Crippen LogP contribution in [0.3, 0.4) is 0 Å². The maximum atomic E-state index is 12.0. The summed E-state index contributed by atoms with van der Waals surface area (Å²) >= 11 is 0. The molecule has 2 rings (SSSR count). The first-order valence-corrected chi connectivity index (χ1v) is 8.00. The summed E-state index contributed by atoms with van der Waals surface area (Å²) in [6.07, 6.45) is 4.63. The number of aliphatic carboxylic acids is 1. The molecule has 0 aromatic rings. The van der Waals surface area contributed by atoms with Crippen LogP contribution in [0.1, 0.15) is 39.0 Å². The molecule has 2 amide bonds. The van der Waals surface area contributed by atoms with Gasteiger partial charge in [0.1, 0.15) is 0 Å². The number of nitrogens with zero attached hydrogens (tertiary/aromatic N) is 2. The van der Waals surface area contributed by atoms with Crippen LogP contribution in [-0.2, 0) is 4.79 Å². The second kappa shape index (κ2) is 7.11. The van der Waals surface area contributed by atoms with Crippen LogP contribution in [0.25, 0.3) is 0 Å². The summed E-state index contributed by atoms with van der Waals surface area (Å²) in [7, 11) is 0. The molecule has 0 radical (unpaired) electrons. The highest BCUT2D eigenvalue weighted by atomic mass is 16.4. The van der Waals surface area contributed by atoms with Crippen molar-refractivity contribution in [2.45, 2.75) is 39.0 Å². The summed E-state index contributed by atoms with van der Waals surface area (Å²) in [4.78, 5) is 27.4. The van der Waals surface area contributed by atoms with E-state index in [1.165, 1.54) is 25.9 Å². The zero-order chi connectivity index (χ0) is 15.3. The summed E-state index contributed by atoms with van der Waals surface area (Å²) in [5.41, 5.74) is -0.674. The number of hydrogen-bond acceptors (Lipinski definition) is 3. The van der Waals surface area contributed by atoms with E-state index in [1.54, 1.807) is 11.8 Å². The normalized spacial score (nSPS) is 22.2. The molecule has 2 aliphatic heterocycles. The summed E-state index contributed by atoms with van der Waals surface area (Å²) < 4.78 is 0. The van der Waals surface area contributed by atoms with Crippen molar-refractivity contribution in [1.29, 1.82) is 0 Å². The number of carboxylic acids is 1. The van der Waals surface area contributed by atoms with Gasteiger partial charge in [-0.15, -0.1) is 0 Å². The summed E-state index contributed by atoms with van der Waals surface area (Å²) in [6, 6.07) is -0.0520. The van der Waals surface area contributed by atoms with E-state index < -0.39 is 11.4 Å². The second-order valence-electron chi connectivity index (χ2n) is 6.49. The number of likely N-dealkylation sites (tertiary alicyclic amines) is 2. The molecule has 0 bridgehead atoms. The highest BCUT2D eigenvalue weighted by molar-refractivity contribution is 5.76. The number of rotatable bonds is 5. The fourth-order valence-electron chi connectivity index (χ4n) is 3.03. The van der Waals surface area contributed by atoms with Gasteiger partial charge in [0.15, 0.2) is 0 Å². The average molecular weight is 297 g/mol. The third-order valence-corrected chi connectivity index (χ3v) is 4.80. The van der Waals surface area contributed by atoms with Crippen LogP contribution < -0.4 is 5.32 Å². The largest absolute Gasteiger partial charge is 0.481 e. The fourth-order valence-corrected chi connectivity index (χ4v) is 3.03. The van der Waals surface area contributed by atoms with Gasteiger partial charge in [-0.1, -0.05) is 0 Å². The van der Waals surface area contributed by atoms with Gasteiger partial charge in [0.25, 0.3) is 0 Å². The van der Waals surface area contributed by atoms with Crippen molar-refractivity contribution < 1.29 is 14.7 Å². The number of nitrogens with one attached hydrogen (secondary N) is 1. The molecule has 0 unspecified atom stereocenters. The minimum absolute atomic E-state index is 0.0520. The van der Waals surface area contributed by atoms with E-state index in [-0.39, 0.29) is 6.03 Å². The highest BCUT2D eigenvalue weighted by Crippen LogP contribution is 2.30. The Kier molecular flexibility index (Phi) is 5.45. The van der Waals surface area contributed by atoms with Crippen LogP contribution in [-0.4, -0.2) is 66.2 Å². The molecule has 6 heteroatoms. The first kappa shape index (κ1) is 16.1. The number of piperidine rings is 1. The Labute approximate surface area is 126 Å². The Morgan fingerprint density at radius 1 is 1.14 bits per heavy atom. The lowest BCUT2D eigenvalue weighted by molar-refractivity contribution is -0.150. The molecule has 21 heavy (non-hydrogen) atoms. The predicted octanol–water partition coefficient (Wildman–Crippen LogP) is 1.37. The van der Waals surface area contributed by atoms with Crippen molar-refractivity contribution in [1.82, 2.24) is 15.1 Å². The van der Waals surface area contributed by atoms with E-state index in [2.05, 4.69) is 10.2 Å². The molecule has 2 aliphatic rings. The van der Waals surface area contributed by atoms with E-state index in [0.717, 1.165) is 13.0 Å². The van der Waals surface area contributed by atoms with Crippen LogP contribution in [0, 0.1) is 5.41 Å². The molecule has 0 spiro atoms. The maximum Gasteiger partial charge on any atom is 0.317 e. The van der Waals surface area contributed by atoms with E-state index in [4.69, 9.17) is 0 Å². The molecular weight excluding hydrogens is 270 g/mol. The molecule has 0 saturated carbocycles. The van der Waals surface area contributed by atoms with Crippen LogP contribution in [0.5, 0.6) is 0 Å². The fraction of sp³-hybridized carbons (Fsp3) is 0.867. The van der Waals surface area contributed by atoms with Crippen molar-refractivity contribution in [2.24, 2.45) is 5.41 Å². The Balaban J connectivity index is 1.62. The van der Waals surface area contributed by atoms with Crippen molar-refractivity contribution in [3.63, 3.8) is 0 Å². The van der Waals surface area contributed by atoms with Gasteiger partial charge < -0.3 is 20.2 Å². The Hall–Kier alpha value is -1.30. The molecule has 0 aromatic heterocycles. The average Bonchev–Trinajstić information content (AvgIpc) is 2.97. The van der Waals surface area contributed by atoms with Gasteiger partial charge in [-0.05, 0) is 58.7 Å². The molecular formula is C15H27N3O3. The van der Waals surface area contributed by atoms with Crippen LogP contribution in [0.2, 0.25) is 0 Å². The SMILES string of the molecule is CC1(C(=O)O)CCN(C(=O)NCCCN2CCCC2)CC1. The minimum atomic E-state index is -0.756. The number of amides is 2. The molecule has 2 heterocycles. The first-order chi connectivity index (χ1) is 10.0. The summed E-state index contributed by atoms with van der Waals surface area (Å²) in [6.45, 7) is 6.95. The van der Waals surface area contributed by atoms with Crippen molar-refractivity contribution in [3.8, 4) is 0 Å². The molecule has 120 valence electrons. The Morgan fingerprint density at radius 2 is 1.76 bits per heavy atom. The van der Waals surface area contributed by atoms with Crippen molar-refractivity contribution in [2.75, 3.05) is 39.3 Å². The summed E-state index contributed by atoms with van der Waals surface area (Å²) in [5, 5.41) is 12.1. The Morgan fingerprint density at radius 3 is 2.33 bits per heavy atom. The van der Waals surface area contributed by atoms with Crippen LogP contribution in [0.4, 0.5) is 4.79 Å². The smallest absolute Gasteiger partial charge is 0.317 e. The van der Waals surface area contributed by atoms with Gasteiger partial charge in [-0.25, -0.2) is 4.79 Å².